The molecular weight excluding hydrogens is 238 g/mol. The van der Waals surface area contributed by atoms with Gasteiger partial charge in [0.15, 0.2) is 0 Å². The lowest BCUT2D eigenvalue weighted by molar-refractivity contribution is -0.113. The van der Waals surface area contributed by atoms with Crippen LogP contribution in [-0.4, -0.2) is 18.6 Å². The summed E-state index contributed by atoms with van der Waals surface area (Å²) in [5.41, 5.74) is 0. The molecule has 0 aliphatic heterocycles. The molecular formula is C13H24FO2P. The minimum atomic E-state index is -1.02. The first-order valence-electron chi connectivity index (χ1n) is 6.69. The molecule has 1 saturated carbocycles. The Labute approximate surface area is 106 Å². The summed E-state index contributed by atoms with van der Waals surface area (Å²) in [5, 5.41) is 0. The van der Waals surface area contributed by atoms with Crippen LogP contribution in [0.25, 0.3) is 0 Å². The average Bonchev–Trinajstić information content (AvgIpc) is 2.64. The first kappa shape index (κ1) is 15.0. The molecule has 0 spiro atoms. The van der Waals surface area contributed by atoms with Crippen molar-refractivity contribution in [2.45, 2.75) is 64.1 Å². The fourth-order valence-electron chi connectivity index (χ4n) is 2.77. The molecule has 17 heavy (non-hydrogen) atoms. The van der Waals surface area contributed by atoms with E-state index in [1.165, 1.54) is 25.7 Å². The van der Waals surface area contributed by atoms with E-state index in [1.54, 1.807) is 0 Å². The Morgan fingerprint density at radius 3 is 2.65 bits per heavy atom. The van der Waals surface area contributed by atoms with E-state index in [-0.39, 0.29) is 12.0 Å². The monoisotopic (exact) mass is 262 g/mol. The molecule has 1 fully saturated rings. The SMILES string of the molecule is CCCCCCC[C@H]1C(OP)CC(F)[C@@H]1C=O. The molecule has 4 heteroatoms. The third-order valence-electron chi connectivity index (χ3n) is 3.82. The van der Waals surface area contributed by atoms with Gasteiger partial charge < -0.3 is 9.32 Å². The zero-order valence-electron chi connectivity index (χ0n) is 10.6. The van der Waals surface area contributed by atoms with E-state index in [1.807, 2.05) is 0 Å². The van der Waals surface area contributed by atoms with E-state index in [9.17, 15) is 9.18 Å². The van der Waals surface area contributed by atoms with Gasteiger partial charge in [0.05, 0.1) is 12.0 Å². The molecule has 0 bridgehead atoms. The quantitative estimate of drug-likeness (QED) is 0.379. The molecule has 1 rings (SSSR count). The molecule has 0 N–H and O–H groups in total. The molecule has 0 saturated heterocycles. The van der Waals surface area contributed by atoms with Crippen molar-refractivity contribution in [3.8, 4) is 0 Å². The van der Waals surface area contributed by atoms with Gasteiger partial charge in [-0.25, -0.2) is 4.39 Å². The van der Waals surface area contributed by atoms with E-state index in [0.717, 1.165) is 19.1 Å². The fourth-order valence-corrected chi connectivity index (χ4v) is 3.09. The Hall–Kier alpha value is -0.0100. The van der Waals surface area contributed by atoms with Crippen molar-refractivity contribution in [3.63, 3.8) is 0 Å². The fraction of sp³-hybridized carbons (Fsp3) is 0.923. The van der Waals surface area contributed by atoms with Crippen LogP contribution in [0.15, 0.2) is 0 Å². The third kappa shape index (κ3) is 4.30. The number of unbranched alkanes of at least 4 members (excludes halogenated alkanes) is 4. The number of carbonyl (C=O) groups excluding carboxylic acids is 1. The summed E-state index contributed by atoms with van der Waals surface area (Å²) in [6, 6.07) is 0. The third-order valence-corrected chi connectivity index (χ3v) is 4.17. The van der Waals surface area contributed by atoms with Gasteiger partial charge in [-0.05, 0) is 12.3 Å². The second-order valence-corrected chi connectivity index (χ2v) is 5.28. The Morgan fingerprint density at radius 1 is 1.35 bits per heavy atom. The van der Waals surface area contributed by atoms with Gasteiger partial charge in [-0.2, -0.15) is 0 Å². The van der Waals surface area contributed by atoms with Crippen LogP contribution < -0.4 is 0 Å². The van der Waals surface area contributed by atoms with Crippen molar-refractivity contribution in [1.82, 2.24) is 0 Å². The number of halogens is 1. The maximum atomic E-state index is 13.6. The van der Waals surface area contributed by atoms with Crippen LogP contribution in [0.5, 0.6) is 0 Å². The van der Waals surface area contributed by atoms with Gasteiger partial charge in [-0.1, -0.05) is 39.0 Å². The van der Waals surface area contributed by atoms with Gasteiger partial charge in [0, 0.05) is 15.9 Å². The molecule has 0 heterocycles. The highest BCUT2D eigenvalue weighted by atomic mass is 31.0. The normalized spacial score (nSPS) is 32.9. The molecule has 2 nitrogen and oxygen atoms in total. The number of hydrogen-bond donors (Lipinski definition) is 0. The number of rotatable bonds is 8. The van der Waals surface area contributed by atoms with Crippen LogP contribution in [0.2, 0.25) is 0 Å². The Morgan fingerprint density at radius 2 is 2.06 bits per heavy atom. The lowest BCUT2D eigenvalue weighted by Gasteiger charge is -2.20. The first-order chi connectivity index (χ1) is 8.24. The van der Waals surface area contributed by atoms with Gasteiger partial charge in [0.1, 0.15) is 12.5 Å². The summed E-state index contributed by atoms with van der Waals surface area (Å²) in [6.07, 6.45) is 6.92. The molecule has 100 valence electrons. The van der Waals surface area contributed by atoms with E-state index in [2.05, 4.69) is 16.4 Å². The van der Waals surface area contributed by atoms with E-state index in [4.69, 9.17) is 4.52 Å². The summed E-state index contributed by atoms with van der Waals surface area (Å²) in [6.45, 7) is 2.19. The Balaban J connectivity index is 2.34. The molecule has 1 aliphatic carbocycles. The van der Waals surface area contributed by atoms with Crippen molar-refractivity contribution in [1.29, 1.82) is 0 Å². The van der Waals surface area contributed by atoms with Crippen LogP contribution in [0.3, 0.4) is 0 Å². The zero-order chi connectivity index (χ0) is 12.7. The largest absolute Gasteiger partial charge is 0.362 e. The van der Waals surface area contributed by atoms with E-state index in [0.29, 0.717) is 6.42 Å². The summed E-state index contributed by atoms with van der Waals surface area (Å²) in [4.78, 5) is 10.9. The van der Waals surface area contributed by atoms with Gasteiger partial charge in [-0.3, -0.25) is 0 Å². The van der Waals surface area contributed by atoms with E-state index < -0.39 is 12.1 Å². The van der Waals surface area contributed by atoms with Crippen LogP contribution in [-0.2, 0) is 9.32 Å². The van der Waals surface area contributed by atoms with Crippen LogP contribution in [0.4, 0.5) is 4.39 Å². The summed E-state index contributed by atoms with van der Waals surface area (Å²) >= 11 is 0. The highest BCUT2D eigenvalue weighted by molar-refractivity contribution is 7.09. The molecule has 1 aliphatic rings. The summed E-state index contributed by atoms with van der Waals surface area (Å²) < 4.78 is 18.8. The van der Waals surface area contributed by atoms with E-state index >= 15 is 0 Å². The molecule has 3 unspecified atom stereocenters. The van der Waals surface area contributed by atoms with Crippen molar-refractivity contribution in [3.05, 3.63) is 0 Å². The molecule has 0 aromatic carbocycles. The van der Waals surface area contributed by atoms with Gasteiger partial charge in [0.2, 0.25) is 0 Å². The molecule has 0 aromatic rings. The predicted molar refractivity (Wildman–Crippen MR) is 70.5 cm³/mol. The minimum Gasteiger partial charge on any atom is -0.362 e. The molecule has 5 atom stereocenters. The standard InChI is InChI=1S/C13H24FO2P/c1-2-3-4-5-6-7-10-11(9-15)12(14)8-13(10)16-17/h9-13H,2-8,17H2,1H3/t10-,11-,12?,13?/m1/s1. The van der Waals surface area contributed by atoms with Gasteiger partial charge >= 0.3 is 0 Å². The second kappa shape index (κ2) is 8.16. The topological polar surface area (TPSA) is 26.3 Å². The van der Waals surface area contributed by atoms with Crippen LogP contribution in [0.1, 0.15) is 51.9 Å². The molecule has 0 amide bonds. The highest BCUT2D eigenvalue weighted by Crippen LogP contribution is 2.39. The summed E-state index contributed by atoms with van der Waals surface area (Å²) in [5.74, 6) is -0.381. The second-order valence-electron chi connectivity index (χ2n) is 5.01. The molecule has 0 radical (unpaired) electrons. The van der Waals surface area contributed by atoms with Crippen molar-refractivity contribution < 1.29 is 13.7 Å². The highest BCUT2D eigenvalue weighted by Gasteiger charge is 2.43. The smallest absolute Gasteiger partial charge is 0.126 e. The van der Waals surface area contributed by atoms with Gasteiger partial charge in [-0.15, -0.1) is 0 Å². The van der Waals surface area contributed by atoms with Crippen molar-refractivity contribution in [2.24, 2.45) is 11.8 Å². The number of hydrogen-bond acceptors (Lipinski definition) is 2. The number of carbonyl (C=O) groups is 1. The Kier molecular flexibility index (Phi) is 7.22. The Bertz CT molecular complexity index is 225. The van der Waals surface area contributed by atoms with Gasteiger partial charge in [0.25, 0.3) is 0 Å². The number of aldehydes is 1. The minimum absolute atomic E-state index is 0.0710. The van der Waals surface area contributed by atoms with Crippen molar-refractivity contribution in [2.75, 3.05) is 0 Å². The lowest BCUT2D eigenvalue weighted by Crippen LogP contribution is -2.22. The van der Waals surface area contributed by atoms with Crippen molar-refractivity contribution >= 4 is 15.8 Å². The lowest BCUT2D eigenvalue weighted by atomic mass is 9.90. The average molecular weight is 262 g/mol. The zero-order valence-corrected chi connectivity index (χ0v) is 11.8. The number of alkyl halides is 1. The van der Waals surface area contributed by atoms with Crippen LogP contribution in [0, 0.1) is 11.8 Å². The van der Waals surface area contributed by atoms with Crippen LogP contribution >= 0.6 is 9.47 Å². The first-order valence-corrected chi connectivity index (χ1v) is 7.16. The predicted octanol–water partition coefficient (Wildman–Crippen LogP) is 3.70. The maximum absolute atomic E-state index is 13.6. The molecule has 0 aromatic heterocycles. The maximum Gasteiger partial charge on any atom is 0.126 e. The summed E-state index contributed by atoms with van der Waals surface area (Å²) in [7, 11) is 2.21.